The van der Waals surface area contributed by atoms with Crippen LogP contribution in [0.25, 0.3) is 10.4 Å². The summed E-state index contributed by atoms with van der Waals surface area (Å²) in [5.74, 6) is 0.686. The summed E-state index contributed by atoms with van der Waals surface area (Å²) in [6, 6.07) is 14.5. The molecule has 0 aliphatic rings. The van der Waals surface area contributed by atoms with E-state index in [4.69, 9.17) is 10.3 Å². The van der Waals surface area contributed by atoms with Crippen LogP contribution in [-0.4, -0.2) is 18.9 Å². The van der Waals surface area contributed by atoms with Crippen LogP contribution in [0.1, 0.15) is 22.3 Å². The highest BCUT2D eigenvalue weighted by atomic mass is 127. The minimum absolute atomic E-state index is 0.00805. The number of halogens is 1. The van der Waals surface area contributed by atoms with E-state index in [-0.39, 0.29) is 5.78 Å². The van der Waals surface area contributed by atoms with Crippen molar-refractivity contribution >= 4 is 28.4 Å². The average molecular weight is 407 g/mol. The van der Waals surface area contributed by atoms with Crippen LogP contribution in [-0.2, 0) is 0 Å². The molecule has 22 heavy (non-hydrogen) atoms. The smallest absolute Gasteiger partial charge is 0.193 e. The number of ether oxygens (including phenoxy) is 1. The molecule has 0 amide bonds. The van der Waals surface area contributed by atoms with E-state index in [0.717, 1.165) is 3.57 Å². The number of nitrogens with zero attached hydrogens (tertiary/aromatic N) is 3. The maximum absolute atomic E-state index is 12.3. The van der Waals surface area contributed by atoms with E-state index in [1.807, 2.05) is 24.3 Å². The Bertz CT molecular complexity index is 678. The molecule has 0 saturated carbocycles. The van der Waals surface area contributed by atoms with Crippen LogP contribution in [0.3, 0.4) is 0 Å². The van der Waals surface area contributed by atoms with Crippen molar-refractivity contribution in [1.82, 2.24) is 0 Å². The minimum atomic E-state index is -0.00805. The van der Waals surface area contributed by atoms with Gasteiger partial charge in [-0.25, -0.2) is 0 Å². The van der Waals surface area contributed by atoms with Crippen molar-refractivity contribution in [3.05, 3.63) is 73.7 Å². The second-order valence-electron chi connectivity index (χ2n) is 4.52. The monoisotopic (exact) mass is 407 g/mol. The van der Waals surface area contributed by atoms with Gasteiger partial charge < -0.3 is 4.74 Å². The van der Waals surface area contributed by atoms with E-state index in [0.29, 0.717) is 36.4 Å². The second kappa shape index (κ2) is 8.41. The van der Waals surface area contributed by atoms with Crippen molar-refractivity contribution in [2.45, 2.75) is 6.42 Å². The molecule has 0 aliphatic carbocycles. The Balaban J connectivity index is 1.94. The molecule has 0 fully saturated rings. The first-order valence-corrected chi connectivity index (χ1v) is 7.82. The fourth-order valence-electron chi connectivity index (χ4n) is 1.84. The Morgan fingerprint density at radius 1 is 1.09 bits per heavy atom. The molecule has 0 spiro atoms. The zero-order valence-corrected chi connectivity index (χ0v) is 13.9. The molecule has 2 aromatic carbocycles. The lowest BCUT2D eigenvalue weighted by atomic mass is 10.0. The first kappa shape index (κ1) is 16.3. The van der Waals surface area contributed by atoms with Crippen molar-refractivity contribution in [3.8, 4) is 5.75 Å². The lowest BCUT2D eigenvalue weighted by Gasteiger charge is -2.06. The Kier molecular flexibility index (Phi) is 6.24. The van der Waals surface area contributed by atoms with E-state index < -0.39 is 0 Å². The lowest BCUT2D eigenvalue weighted by molar-refractivity contribution is 0.103. The highest BCUT2D eigenvalue weighted by Gasteiger charge is 2.08. The maximum Gasteiger partial charge on any atom is 0.193 e. The van der Waals surface area contributed by atoms with Crippen molar-refractivity contribution < 1.29 is 9.53 Å². The van der Waals surface area contributed by atoms with Gasteiger partial charge in [-0.3, -0.25) is 4.79 Å². The van der Waals surface area contributed by atoms with E-state index in [9.17, 15) is 4.79 Å². The third kappa shape index (κ3) is 4.75. The number of carbonyl (C=O) groups excluding carboxylic acids is 1. The van der Waals surface area contributed by atoms with Gasteiger partial charge in [-0.15, -0.1) is 0 Å². The molecule has 0 unspecified atom stereocenters. The molecule has 0 N–H and O–H groups in total. The quantitative estimate of drug-likeness (QED) is 0.168. The lowest BCUT2D eigenvalue weighted by Crippen LogP contribution is -2.02. The molecule has 0 radical (unpaired) electrons. The van der Waals surface area contributed by atoms with Gasteiger partial charge in [0.2, 0.25) is 0 Å². The minimum Gasteiger partial charge on any atom is -0.494 e. The summed E-state index contributed by atoms with van der Waals surface area (Å²) in [4.78, 5) is 15.0. The fourth-order valence-corrected chi connectivity index (χ4v) is 2.20. The molecule has 0 bridgehead atoms. The van der Waals surface area contributed by atoms with Gasteiger partial charge in [-0.05, 0) is 83.1 Å². The molecular formula is C16H14IN3O2. The SMILES string of the molecule is [N-]=[N+]=NCCCOc1ccc(C(=O)c2ccc(I)cc2)cc1. The van der Waals surface area contributed by atoms with Crippen LogP contribution in [0.5, 0.6) is 5.75 Å². The van der Waals surface area contributed by atoms with Gasteiger partial charge in [0.05, 0.1) is 6.61 Å². The second-order valence-corrected chi connectivity index (χ2v) is 5.76. The van der Waals surface area contributed by atoms with Crippen LogP contribution in [0.2, 0.25) is 0 Å². The molecule has 0 heterocycles. The molecule has 0 aromatic heterocycles. The molecule has 0 aliphatic heterocycles. The number of carbonyl (C=O) groups is 1. The summed E-state index contributed by atoms with van der Waals surface area (Å²) in [5, 5.41) is 3.44. The average Bonchev–Trinajstić information content (AvgIpc) is 2.55. The molecular weight excluding hydrogens is 393 g/mol. The third-order valence-electron chi connectivity index (χ3n) is 2.96. The molecule has 2 aromatic rings. The summed E-state index contributed by atoms with van der Waals surface area (Å²) in [6.45, 7) is 0.892. The first-order valence-electron chi connectivity index (χ1n) is 6.74. The summed E-state index contributed by atoms with van der Waals surface area (Å²) in [7, 11) is 0. The van der Waals surface area contributed by atoms with Crippen LogP contribution in [0.4, 0.5) is 0 Å². The summed E-state index contributed by atoms with van der Waals surface area (Å²) >= 11 is 2.21. The van der Waals surface area contributed by atoms with Gasteiger partial charge in [0.15, 0.2) is 5.78 Å². The van der Waals surface area contributed by atoms with E-state index in [2.05, 4.69) is 32.6 Å². The van der Waals surface area contributed by atoms with Crippen LogP contribution >= 0.6 is 22.6 Å². The summed E-state index contributed by atoms with van der Waals surface area (Å²) in [6.07, 6.45) is 0.660. The van der Waals surface area contributed by atoms with Crippen LogP contribution in [0, 0.1) is 3.57 Å². The van der Waals surface area contributed by atoms with Crippen LogP contribution in [0.15, 0.2) is 53.6 Å². The van der Waals surface area contributed by atoms with Crippen molar-refractivity contribution in [1.29, 1.82) is 0 Å². The maximum atomic E-state index is 12.3. The Morgan fingerprint density at radius 2 is 1.68 bits per heavy atom. The molecule has 6 heteroatoms. The van der Waals surface area contributed by atoms with Crippen molar-refractivity contribution in [2.75, 3.05) is 13.2 Å². The summed E-state index contributed by atoms with van der Waals surface area (Å²) < 4.78 is 6.61. The van der Waals surface area contributed by atoms with Crippen molar-refractivity contribution in [2.24, 2.45) is 5.11 Å². The fraction of sp³-hybridized carbons (Fsp3) is 0.188. The normalized spacial score (nSPS) is 9.86. The number of hydrogen-bond acceptors (Lipinski definition) is 3. The number of ketones is 1. The number of azide groups is 1. The zero-order chi connectivity index (χ0) is 15.8. The molecule has 0 saturated heterocycles. The Morgan fingerprint density at radius 3 is 2.27 bits per heavy atom. The zero-order valence-electron chi connectivity index (χ0n) is 11.8. The van der Waals surface area contributed by atoms with Crippen molar-refractivity contribution in [3.63, 3.8) is 0 Å². The Hall–Kier alpha value is -2.05. The Labute approximate surface area is 142 Å². The van der Waals surface area contributed by atoms with E-state index in [1.54, 1.807) is 24.3 Å². The third-order valence-corrected chi connectivity index (χ3v) is 3.68. The highest BCUT2D eigenvalue weighted by Crippen LogP contribution is 2.16. The number of hydrogen-bond donors (Lipinski definition) is 0. The molecule has 112 valence electrons. The van der Waals surface area contributed by atoms with E-state index in [1.165, 1.54) is 0 Å². The predicted octanol–water partition coefficient (Wildman–Crippen LogP) is 4.60. The number of rotatable bonds is 7. The van der Waals surface area contributed by atoms with E-state index >= 15 is 0 Å². The van der Waals surface area contributed by atoms with Gasteiger partial charge >= 0.3 is 0 Å². The predicted molar refractivity (Wildman–Crippen MR) is 93.2 cm³/mol. The van der Waals surface area contributed by atoms with Gasteiger partial charge in [0.1, 0.15) is 5.75 Å². The standard InChI is InChI=1S/C16H14IN3O2/c17-14-6-2-12(3-7-14)16(21)13-4-8-15(9-5-13)22-11-1-10-19-20-18/h2-9H,1,10-11H2. The topological polar surface area (TPSA) is 75.1 Å². The highest BCUT2D eigenvalue weighted by molar-refractivity contribution is 14.1. The van der Waals surface area contributed by atoms with Gasteiger partial charge in [0.25, 0.3) is 0 Å². The number of benzene rings is 2. The largest absolute Gasteiger partial charge is 0.494 e. The first-order chi connectivity index (χ1) is 10.7. The molecule has 5 nitrogen and oxygen atoms in total. The van der Waals surface area contributed by atoms with Crippen LogP contribution < -0.4 is 4.74 Å². The van der Waals surface area contributed by atoms with Gasteiger partial charge in [0, 0.05) is 26.2 Å². The van der Waals surface area contributed by atoms with Gasteiger partial charge in [-0.2, -0.15) is 0 Å². The summed E-state index contributed by atoms with van der Waals surface area (Å²) in [5.41, 5.74) is 9.46. The molecule has 0 atom stereocenters. The van der Waals surface area contributed by atoms with Gasteiger partial charge in [-0.1, -0.05) is 5.11 Å². The molecule has 2 rings (SSSR count).